The van der Waals surface area contributed by atoms with Gasteiger partial charge in [0.25, 0.3) is 5.92 Å². The molecule has 8 nitrogen and oxygen atoms in total. The number of nitrogens with zero attached hydrogens (tertiary/aromatic N) is 5. The predicted octanol–water partition coefficient (Wildman–Crippen LogP) is 6.79. The van der Waals surface area contributed by atoms with Crippen LogP contribution in [0.4, 0.5) is 18.9 Å². The molecule has 1 fully saturated rings. The fourth-order valence-corrected chi connectivity index (χ4v) is 5.99. The van der Waals surface area contributed by atoms with Crippen molar-refractivity contribution in [1.82, 2.24) is 34.9 Å². The third kappa shape index (κ3) is 6.13. The van der Waals surface area contributed by atoms with E-state index in [0.29, 0.717) is 36.6 Å². The molecule has 0 bridgehead atoms. The second-order valence-corrected chi connectivity index (χ2v) is 12.0. The van der Waals surface area contributed by atoms with Crippen LogP contribution in [0.25, 0.3) is 55.6 Å². The molecule has 0 spiro atoms. The summed E-state index contributed by atoms with van der Waals surface area (Å²) in [5, 5.41) is 12.8. The molecule has 7 rings (SSSR count). The fourth-order valence-electron chi connectivity index (χ4n) is 5.99. The number of nitrogens with one attached hydrogen (secondary N) is 3. The maximum Gasteiger partial charge on any atom is 0.261 e. The van der Waals surface area contributed by atoms with Crippen molar-refractivity contribution in [2.24, 2.45) is 0 Å². The molecular formula is C34H33F3N8. The summed E-state index contributed by atoms with van der Waals surface area (Å²) in [5.41, 5.74) is 8.04. The van der Waals surface area contributed by atoms with Gasteiger partial charge in [0, 0.05) is 84.3 Å². The van der Waals surface area contributed by atoms with Crippen molar-refractivity contribution in [3.8, 4) is 33.8 Å². The summed E-state index contributed by atoms with van der Waals surface area (Å²) >= 11 is 0. The van der Waals surface area contributed by atoms with Crippen LogP contribution in [-0.4, -0.2) is 81.1 Å². The van der Waals surface area contributed by atoms with E-state index in [1.807, 2.05) is 50.5 Å². The van der Waals surface area contributed by atoms with Crippen LogP contribution < -0.4 is 5.32 Å². The van der Waals surface area contributed by atoms with Gasteiger partial charge in [-0.05, 0) is 73.8 Å². The van der Waals surface area contributed by atoms with Crippen molar-refractivity contribution in [2.45, 2.75) is 18.9 Å². The highest BCUT2D eigenvalue weighted by Gasteiger charge is 2.37. The third-order valence-electron chi connectivity index (χ3n) is 8.21. The van der Waals surface area contributed by atoms with Crippen LogP contribution in [0.1, 0.15) is 12.0 Å². The first-order chi connectivity index (χ1) is 21.7. The van der Waals surface area contributed by atoms with Crippen LogP contribution in [0.2, 0.25) is 0 Å². The molecule has 0 radical (unpaired) electrons. The maximum atomic E-state index is 14.7. The molecule has 11 heteroatoms. The second-order valence-electron chi connectivity index (χ2n) is 12.0. The molecular weight excluding hydrogens is 577 g/mol. The number of H-pyrrole nitrogens is 2. The smallest absolute Gasteiger partial charge is 0.261 e. The summed E-state index contributed by atoms with van der Waals surface area (Å²) in [6.07, 6.45) is 5.13. The molecule has 0 atom stereocenters. The molecule has 230 valence electrons. The number of hydrogen-bond donors (Lipinski definition) is 3. The first-order valence-corrected chi connectivity index (χ1v) is 14.9. The number of aromatic nitrogens is 5. The van der Waals surface area contributed by atoms with E-state index >= 15 is 0 Å². The van der Waals surface area contributed by atoms with Gasteiger partial charge in [-0.1, -0.05) is 6.07 Å². The van der Waals surface area contributed by atoms with E-state index in [2.05, 4.69) is 41.4 Å². The standard InChI is InChI=1S/C34H33F3N8/c1-44(2)10-8-39-26-13-23(12-25(35)15-26)32-28-16-31(41-29(28)5-7-40-32)33-27-14-22(3-4-30(27)42-43-33)24-11-21(17-38-18-24)19-45-9-6-34(36,37)20-45/h3-5,7,11-18,39,41H,6,8-10,19-20H2,1-2H3,(H,42,43). The number of fused-ring (bicyclic) bond motifs is 2. The molecule has 5 heterocycles. The number of alkyl halides is 2. The largest absolute Gasteiger partial charge is 0.384 e. The highest BCUT2D eigenvalue weighted by Crippen LogP contribution is 2.35. The molecule has 45 heavy (non-hydrogen) atoms. The van der Waals surface area contributed by atoms with E-state index in [1.54, 1.807) is 23.5 Å². The lowest BCUT2D eigenvalue weighted by Gasteiger charge is -2.15. The fraction of sp³-hybridized carbons (Fsp3) is 0.265. The summed E-state index contributed by atoms with van der Waals surface area (Å²) in [5.74, 6) is -2.96. The van der Waals surface area contributed by atoms with Crippen molar-refractivity contribution in [3.05, 3.63) is 84.6 Å². The Morgan fingerprint density at radius 2 is 1.80 bits per heavy atom. The first-order valence-electron chi connectivity index (χ1n) is 14.9. The molecule has 1 aliphatic heterocycles. The summed E-state index contributed by atoms with van der Waals surface area (Å²) in [6, 6.07) is 16.8. The maximum absolute atomic E-state index is 14.7. The Labute approximate surface area is 258 Å². The van der Waals surface area contributed by atoms with E-state index in [0.717, 1.165) is 56.4 Å². The van der Waals surface area contributed by atoms with Crippen molar-refractivity contribution >= 4 is 27.5 Å². The Bertz CT molecular complexity index is 2000. The van der Waals surface area contributed by atoms with Crippen LogP contribution in [0.15, 0.2) is 73.2 Å². The molecule has 6 aromatic rings. The van der Waals surface area contributed by atoms with Gasteiger partial charge in [-0.3, -0.25) is 20.0 Å². The van der Waals surface area contributed by atoms with E-state index in [9.17, 15) is 13.2 Å². The minimum atomic E-state index is -2.63. The molecule has 0 saturated carbocycles. The van der Waals surface area contributed by atoms with Crippen LogP contribution in [0, 0.1) is 5.82 Å². The number of hydrogen-bond acceptors (Lipinski definition) is 6. The second kappa shape index (κ2) is 11.6. The minimum Gasteiger partial charge on any atom is -0.384 e. The van der Waals surface area contributed by atoms with E-state index in [4.69, 9.17) is 0 Å². The van der Waals surface area contributed by atoms with Crippen molar-refractivity contribution < 1.29 is 13.2 Å². The van der Waals surface area contributed by atoms with Crippen LogP contribution in [-0.2, 0) is 6.54 Å². The van der Waals surface area contributed by atoms with Gasteiger partial charge in [-0.15, -0.1) is 0 Å². The summed E-state index contributed by atoms with van der Waals surface area (Å²) in [6.45, 7) is 2.09. The van der Waals surface area contributed by atoms with Gasteiger partial charge >= 0.3 is 0 Å². The Balaban J connectivity index is 1.20. The normalized spacial score (nSPS) is 15.1. The Morgan fingerprint density at radius 3 is 2.62 bits per heavy atom. The van der Waals surface area contributed by atoms with Crippen molar-refractivity contribution in [2.75, 3.05) is 45.6 Å². The molecule has 4 aromatic heterocycles. The summed E-state index contributed by atoms with van der Waals surface area (Å²) in [4.78, 5) is 16.3. The zero-order chi connectivity index (χ0) is 31.1. The SMILES string of the molecule is CN(C)CCNc1cc(F)cc(-c2nccc3[nH]c(-c4n[nH]c5ccc(-c6cncc(CN7CCC(F)(F)C7)c6)cc45)cc23)c1. The average Bonchev–Trinajstić information content (AvgIpc) is 3.72. The van der Waals surface area contributed by atoms with Crippen LogP contribution in [0.5, 0.6) is 0 Å². The lowest BCUT2D eigenvalue weighted by Crippen LogP contribution is -2.24. The van der Waals surface area contributed by atoms with Gasteiger partial charge in [0.15, 0.2) is 0 Å². The zero-order valence-corrected chi connectivity index (χ0v) is 25.0. The number of pyridine rings is 2. The number of rotatable bonds is 9. The summed E-state index contributed by atoms with van der Waals surface area (Å²) in [7, 11) is 3.99. The monoisotopic (exact) mass is 610 g/mol. The van der Waals surface area contributed by atoms with Crippen molar-refractivity contribution in [3.63, 3.8) is 0 Å². The zero-order valence-electron chi connectivity index (χ0n) is 25.0. The highest BCUT2D eigenvalue weighted by atomic mass is 19.3. The molecule has 0 unspecified atom stereocenters. The summed E-state index contributed by atoms with van der Waals surface area (Å²) < 4.78 is 42.1. The van der Waals surface area contributed by atoms with Gasteiger partial charge in [0.1, 0.15) is 11.5 Å². The highest BCUT2D eigenvalue weighted by molar-refractivity contribution is 6.01. The number of anilines is 1. The number of likely N-dealkylation sites (tertiary alicyclic amines) is 1. The molecule has 0 amide bonds. The van der Waals surface area contributed by atoms with E-state index in [1.165, 1.54) is 12.1 Å². The predicted molar refractivity (Wildman–Crippen MR) is 172 cm³/mol. The molecule has 1 saturated heterocycles. The molecule has 1 aliphatic rings. The third-order valence-corrected chi connectivity index (χ3v) is 8.21. The Hall–Kier alpha value is -4.74. The minimum absolute atomic E-state index is 0.108. The van der Waals surface area contributed by atoms with Gasteiger partial charge in [-0.2, -0.15) is 5.10 Å². The first kappa shape index (κ1) is 29.0. The lowest BCUT2D eigenvalue weighted by atomic mass is 10.0. The van der Waals surface area contributed by atoms with Gasteiger partial charge in [0.2, 0.25) is 0 Å². The number of benzene rings is 2. The molecule has 2 aromatic carbocycles. The van der Waals surface area contributed by atoms with Gasteiger partial charge in [0.05, 0.1) is 23.4 Å². The number of likely N-dealkylation sites (N-methyl/N-ethyl adjacent to an activating group) is 1. The number of aromatic amines is 2. The van der Waals surface area contributed by atoms with Gasteiger partial charge < -0.3 is 15.2 Å². The van der Waals surface area contributed by atoms with Gasteiger partial charge in [-0.25, -0.2) is 13.2 Å². The topological polar surface area (TPSA) is 88.8 Å². The van der Waals surface area contributed by atoms with Crippen molar-refractivity contribution in [1.29, 1.82) is 0 Å². The molecule has 0 aliphatic carbocycles. The molecule has 3 N–H and O–H groups in total. The van der Waals surface area contributed by atoms with E-state index in [-0.39, 0.29) is 18.8 Å². The number of halogens is 3. The van der Waals surface area contributed by atoms with Crippen LogP contribution in [0.3, 0.4) is 0 Å². The average molecular weight is 611 g/mol. The lowest BCUT2D eigenvalue weighted by molar-refractivity contribution is 0.0115. The quantitative estimate of drug-likeness (QED) is 0.167. The van der Waals surface area contributed by atoms with Crippen LogP contribution >= 0.6 is 0 Å². The Kier molecular flexibility index (Phi) is 7.50. The van der Waals surface area contributed by atoms with E-state index < -0.39 is 5.92 Å². The Morgan fingerprint density at radius 1 is 0.933 bits per heavy atom.